The molecule has 124 valence electrons. The molecule has 1 amide bonds. The number of nitrogens with zero attached hydrogens (tertiary/aromatic N) is 2. The Balaban J connectivity index is 1.92. The van der Waals surface area contributed by atoms with Crippen molar-refractivity contribution in [1.82, 2.24) is 15.5 Å². The number of benzene rings is 1. The number of hydrogen-bond donors (Lipinski definition) is 1. The number of carbonyl (C=O) groups excluding carboxylic acids is 1. The summed E-state index contributed by atoms with van der Waals surface area (Å²) >= 11 is 1.53. The Morgan fingerprint density at radius 3 is 2.83 bits per heavy atom. The molecule has 1 N–H and O–H groups in total. The molecule has 0 saturated carbocycles. The van der Waals surface area contributed by atoms with Gasteiger partial charge in [-0.3, -0.25) is 4.79 Å². The van der Waals surface area contributed by atoms with Gasteiger partial charge in [0.15, 0.2) is 5.82 Å². The lowest BCUT2D eigenvalue weighted by Crippen LogP contribution is -2.25. The summed E-state index contributed by atoms with van der Waals surface area (Å²) in [7, 11) is 0. The standard InChI is InChI=1S/C17H23N3O2S/c1-12(2)7-6-10-18-17(21)14-8-4-5-9-15(14)23-11-16-19-13(3)20-22-16/h4-5,8-9,12H,6-7,10-11H2,1-3H3,(H,18,21). The van der Waals surface area contributed by atoms with Crippen molar-refractivity contribution >= 4 is 17.7 Å². The van der Waals surface area contributed by atoms with Crippen LogP contribution in [0.1, 0.15) is 48.8 Å². The molecule has 2 rings (SSSR count). The summed E-state index contributed by atoms with van der Waals surface area (Å²) in [5.41, 5.74) is 0.693. The molecule has 0 radical (unpaired) electrons. The molecule has 0 atom stereocenters. The number of amides is 1. The quantitative estimate of drug-likeness (QED) is 0.587. The van der Waals surface area contributed by atoms with E-state index in [1.165, 1.54) is 11.8 Å². The Kier molecular flexibility index (Phi) is 6.65. The molecule has 1 heterocycles. The average molecular weight is 333 g/mol. The summed E-state index contributed by atoms with van der Waals surface area (Å²) in [4.78, 5) is 17.4. The lowest BCUT2D eigenvalue weighted by molar-refractivity contribution is 0.0949. The number of hydrogen-bond acceptors (Lipinski definition) is 5. The molecule has 0 bridgehead atoms. The van der Waals surface area contributed by atoms with Gasteiger partial charge in [0.2, 0.25) is 5.89 Å². The fourth-order valence-corrected chi connectivity index (χ4v) is 3.01. The van der Waals surface area contributed by atoms with Crippen molar-refractivity contribution < 1.29 is 9.32 Å². The zero-order chi connectivity index (χ0) is 16.7. The second-order valence-corrected chi connectivity index (χ2v) is 6.83. The van der Waals surface area contributed by atoms with Crippen LogP contribution in [0.25, 0.3) is 0 Å². The van der Waals surface area contributed by atoms with Crippen molar-refractivity contribution in [3.05, 3.63) is 41.5 Å². The highest BCUT2D eigenvalue weighted by Gasteiger charge is 2.12. The van der Waals surface area contributed by atoms with Crippen molar-refractivity contribution in [3.63, 3.8) is 0 Å². The molecule has 5 nitrogen and oxygen atoms in total. The topological polar surface area (TPSA) is 68.0 Å². The minimum Gasteiger partial charge on any atom is -0.352 e. The molecule has 0 saturated heterocycles. The second kappa shape index (κ2) is 8.72. The van der Waals surface area contributed by atoms with Crippen LogP contribution in [0.4, 0.5) is 0 Å². The summed E-state index contributed by atoms with van der Waals surface area (Å²) in [6, 6.07) is 7.59. The van der Waals surface area contributed by atoms with Crippen LogP contribution in [0.15, 0.2) is 33.7 Å². The molecule has 1 aromatic heterocycles. The van der Waals surface area contributed by atoms with Gasteiger partial charge in [-0.05, 0) is 37.8 Å². The maximum absolute atomic E-state index is 12.3. The van der Waals surface area contributed by atoms with Crippen LogP contribution < -0.4 is 5.32 Å². The van der Waals surface area contributed by atoms with Gasteiger partial charge in [0.25, 0.3) is 5.91 Å². The normalized spacial score (nSPS) is 11.0. The van der Waals surface area contributed by atoms with E-state index < -0.39 is 0 Å². The first-order chi connectivity index (χ1) is 11.1. The third-order valence-electron chi connectivity index (χ3n) is 3.30. The predicted octanol–water partition coefficient (Wildman–Crippen LogP) is 3.84. The van der Waals surface area contributed by atoms with Crippen molar-refractivity contribution in [2.45, 2.75) is 44.3 Å². The van der Waals surface area contributed by atoms with E-state index in [4.69, 9.17) is 4.52 Å². The van der Waals surface area contributed by atoms with E-state index in [1.807, 2.05) is 24.3 Å². The fraction of sp³-hybridized carbons (Fsp3) is 0.471. The van der Waals surface area contributed by atoms with Crippen LogP contribution >= 0.6 is 11.8 Å². The van der Waals surface area contributed by atoms with E-state index in [0.717, 1.165) is 17.7 Å². The fourth-order valence-electron chi connectivity index (χ4n) is 2.13. The first kappa shape index (κ1) is 17.5. The van der Waals surface area contributed by atoms with E-state index >= 15 is 0 Å². The molecule has 0 fully saturated rings. The van der Waals surface area contributed by atoms with Gasteiger partial charge in [0.05, 0.1) is 11.3 Å². The SMILES string of the molecule is Cc1noc(CSc2ccccc2C(=O)NCCCC(C)C)n1. The number of nitrogens with one attached hydrogen (secondary N) is 1. The van der Waals surface area contributed by atoms with Gasteiger partial charge < -0.3 is 9.84 Å². The van der Waals surface area contributed by atoms with Crippen LogP contribution in [-0.2, 0) is 5.75 Å². The van der Waals surface area contributed by atoms with Gasteiger partial charge in [0, 0.05) is 11.4 Å². The van der Waals surface area contributed by atoms with Gasteiger partial charge in [-0.1, -0.05) is 31.1 Å². The molecule has 0 aliphatic rings. The highest BCUT2D eigenvalue weighted by molar-refractivity contribution is 7.98. The van der Waals surface area contributed by atoms with Crippen LogP contribution in [0, 0.1) is 12.8 Å². The summed E-state index contributed by atoms with van der Waals surface area (Å²) in [5.74, 6) is 2.38. The van der Waals surface area contributed by atoms with Crippen molar-refractivity contribution in [2.75, 3.05) is 6.54 Å². The minimum absolute atomic E-state index is 0.0291. The van der Waals surface area contributed by atoms with Crippen LogP contribution in [0.2, 0.25) is 0 Å². The van der Waals surface area contributed by atoms with Crippen molar-refractivity contribution in [2.24, 2.45) is 5.92 Å². The molecule has 1 aromatic carbocycles. The Bertz CT molecular complexity index is 640. The maximum Gasteiger partial charge on any atom is 0.252 e. The molecule has 2 aromatic rings. The Hall–Kier alpha value is -1.82. The minimum atomic E-state index is -0.0291. The zero-order valence-corrected chi connectivity index (χ0v) is 14.7. The monoisotopic (exact) mass is 333 g/mol. The third kappa shape index (κ3) is 5.71. The third-order valence-corrected chi connectivity index (χ3v) is 4.35. The van der Waals surface area contributed by atoms with Gasteiger partial charge in [-0.25, -0.2) is 0 Å². The largest absolute Gasteiger partial charge is 0.352 e. The van der Waals surface area contributed by atoms with Gasteiger partial charge in [-0.15, -0.1) is 11.8 Å². The lowest BCUT2D eigenvalue weighted by atomic mass is 10.1. The van der Waals surface area contributed by atoms with Crippen LogP contribution in [0.3, 0.4) is 0 Å². The molecule has 0 unspecified atom stereocenters. The maximum atomic E-state index is 12.3. The number of aryl methyl sites for hydroxylation is 1. The number of thioether (sulfide) groups is 1. The van der Waals surface area contributed by atoms with Crippen molar-refractivity contribution in [1.29, 1.82) is 0 Å². The molecule has 0 spiro atoms. The Morgan fingerprint density at radius 2 is 2.13 bits per heavy atom. The van der Waals surface area contributed by atoms with E-state index in [-0.39, 0.29) is 5.91 Å². The van der Waals surface area contributed by atoms with E-state index in [0.29, 0.717) is 35.5 Å². The van der Waals surface area contributed by atoms with Gasteiger partial charge in [0.1, 0.15) is 0 Å². The first-order valence-corrected chi connectivity index (χ1v) is 8.84. The predicted molar refractivity (Wildman–Crippen MR) is 91.4 cm³/mol. The smallest absolute Gasteiger partial charge is 0.252 e. The van der Waals surface area contributed by atoms with Crippen LogP contribution in [0.5, 0.6) is 0 Å². The summed E-state index contributed by atoms with van der Waals surface area (Å²) in [5, 5.41) is 6.77. The first-order valence-electron chi connectivity index (χ1n) is 7.85. The second-order valence-electron chi connectivity index (χ2n) is 5.81. The summed E-state index contributed by atoms with van der Waals surface area (Å²) < 4.78 is 5.11. The highest BCUT2D eigenvalue weighted by Crippen LogP contribution is 2.25. The summed E-state index contributed by atoms with van der Waals surface area (Å²) in [6.45, 7) is 6.87. The lowest BCUT2D eigenvalue weighted by Gasteiger charge is -2.10. The van der Waals surface area contributed by atoms with E-state index in [2.05, 4.69) is 29.3 Å². The van der Waals surface area contributed by atoms with Crippen molar-refractivity contribution in [3.8, 4) is 0 Å². The van der Waals surface area contributed by atoms with E-state index in [9.17, 15) is 4.79 Å². The molecule has 0 aliphatic heterocycles. The molecular formula is C17H23N3O2S. The van der Waals surface area contributed by atoms with E-state index in [1.54, 1.807) is 6.92 Å². The number of rotatable bonds is 8. The Labute approximate surface area is 141 Å². The highest BCUT2D eigenvalue weighted by atomic mass is 32.2. The van der Waals surface area contributed by atoms with Gasteiger partial charge in [-0.2, -0.15) is 4.98 Å². The molecular weight excluding hydrogens is 310 g/mol. The molecule has 6 heteroatoms. The Morgan fingerprint density at radius 1 is 1.35 bits per heavy atom. The van der Waals surface area contributed by atoms with Gasteiger partial charge >= 0.3 is 0 Å². The molecule has 0 aliphatic carbocycles. The van der Waals surface area contributed by atoms with Crippen LogP contribution in [-0.4, -0.2) is 22.6 Å². The summed E-state index contributed by atoms with van der Waals surface area (Å²) in [6.07, 6.45) is 2.12. The zero-order valence-electron chi connectivity index (χ0n) is 13.8. The number of aromatic nitrogens is 2. The molecule has 23 heavy (non-hydrogen) atoms. The average Bonchev–Trinajstić information content (AvgIpc) is 2.95. The number of carbonyl (C=O) groups is 1.